The molecule has 5 nitrogen and oxygen atoms in total. The van der Waals surface area contributed by atoms with Crippen LogP contribution in [0.2, 0.25) is 0 Å². The highest BCUT2D eigenvalue weighted by molar-refractivity contribution is 7.07. The fraction of sp³-hybridized carbons (Fsp3) is 0.200. The summed E-state index contributed by atoms with van der Waals surface area (Å²) in [5.74, 6) is -1.23. The van der Waals surface area contributed by atoms with Gasteiger partial charge in [0, 0.05) is 0 Å². The molecule has 1 amide bonds. The van der Waals surface area contributed by atoms with E-state index < -0.39 is 5.92 Å². The number of benzene rings is 1. The first-order valence-electron chi connectivity index (χ1n) is 6.48. The Hall–Kier alpha value is -2.34. The van der Waals surface area contributed by atoms with Gasteiger partial charge in [-0.25, -0.2) is 0 Å². The third-order valence-corrected chi connectivity index (χ3v) is 3.91. The SMILES string of the molecule is CC(NC(=O)C(C(N)=NO)c1ccccc1)c1ccsc1. The van der Waals surface area contributed by atoms with Crippen LogP contribution < -0.4 is 11.1 Å². The van der Waals surface area contributed by atoms with Gasteiger partial charge in [0.1, 0.15) is 5.92 Å². The summed E-state index contributed by atoms with van der Waals surface area (Å²) in [4.78, 5) is 12.5. The predicted octanol–water partition coefficient (Wildman–Crippen LogP) is 2.46. The van der Waals surface area contributed by atoms with E-state index in [-0.39, 0.29) is 17.8 Å². The summed E-state index contributed by atoms with van der Waals surface area (Å²) in [6.07, 6.45) is 0. The zero-order chi connectivity index (χ0) is 15.2. The zero-order valence-electron chi connectivity index (χ0n) is 11.6. The largest absolute Gasteiger partial charge is 0.409 e. The molecule has 0 radical (unpaired) electrons. The lowest BCUT2D eigenvalue weighted by Gasteiger charge is -2.19. The highest BCUT2D eigenvalue weighted by Crippen LogP contribution is 2.20. The Balaban J connectivity index is 2.20. The van der Waals surface area contributed by atoms with E-state index in [4.69, 9.17) is 10.9 Å². The first-order valence-corrected chi connectivity index (χ1v) is 7.42. The summed E-state index contributed by atoms with van der Waals surface area (Å²) in [5.41, 5.74) is 7.40. The number of amides is 1. The fourth-order valence-electron chi connectivity index (χ4n) is 2.06. The van der Waals surface area contributed by atoms with Crippen molar-refractivity contribution in [3.63, 3.8) is 0 Å². The summed E-state index contributed by atoms with van der Waals surface area (Å²) in [6.45, 7) is 1.90. The van der Waals surface area contributed by atoms with Gasteiger partial charge in [-0.3, -0.25) is 4.79 Å². The van der Waals surface area contributed by atoms with Crippen LogP contribution in [0.1, 0.15) is 30.0 Å². The van der Waals surface area contributed by atoms with Crippen molar-refractivity contribution in [1.29, 1.82) is 0 Å². The molecule has 0 saturated heterocycles. The number of nitrogens with one attached hydrogen (secondary N) is 1. The van der Waals surface area contributed by atoms with Gasteiger partial charge >= 0.3 is 0 Å². The van der Waals surface area contributed by atoms with Crippen LogP contribution in [0.3, 0.4) is 0 Å². The van der Waals surface area contributed by atoms with Crippen LogP contribution in [0.5, 0.6) is 0 Å². The summed E-state index contributed by atoms with van der Waals surface area (Å²) in [5, 5.41) is 18.7. The lowest BCUT2D eigenvalue weighted by molar-refractivity contribution is -0.121. The minimum absolute atomic E-state index is 0.129. The summed E-state index contributed by atoms with van der Waals surface area (Å²) < 4.78 is 0. The molecule has 2 unspecified atom stereocenters. The number of hydrogen-bond acceptors (Lipinski definition) is 4. The van der Waals surface area contributed by atoms with Crippen molar-refractivity contribution in [1.82, 2.24) is 5.32 Å². The molecule has 2 atom stereocenters. The van der Waals surface area contributed by atoms with Crippen LogP contribution in [0, 0.1) is 0 Å². The monoisotopic (exact) mass is 303 g/mol. The van der Waals surface area contributed by atoms with E-state index in [9.17, 15) is 4.79 Å². The number of nitrogens with two attached hydrogens (primary N) is 1. The average molecular weight is 303 g/mol. The molecular weight excluding hydrogens is 286 g/mol. The van der Waals surface area contributed by atoms with Gasteiger partial charge in [-0.1, -0.05) is 35.5 Å². The Kier molecular flexibility index (Phi) is 4.94. The third-order valence-electron chi connectivity index (χ3n) is 3.21. The van der Waals surface area contributed by atoms with Gasteiger partial charge in [-0.2, -0.15) is 11.3 Å². The maximum atomic E-state index is 12.5. The molecule has 0 spiro atoms. The molecule has 0 aliphatic carbocycles. The molecule has 6 heteroatoms. The van der Waals surface area contributed by atoms with E-state index in [0.29, 0.717) is 5.56 Å². The minimum atomic E-state index is -0.808. The van der Waals surface area contributed by atoms with Gasteiger partial charge < -0.3 is 16.3 Å². The number of rotatable bonds is 5. The zero-order valence-corrected chi connectivity index (χ0v) is 12.4. The molecule has 0 bridgehead atoms. The molecule has 2 aromatic rings. The summed E-state index contributed by atoms with van der Waals surface area (Å²) >= 11 is 1.57. The number of hydrogen-bond donors (Lipinski definition) is 3. The lowest BCUT2D eigenvalue weighted by atomic mass is 9.96. The van der Waals surface area contributed by atoms with Crippen molar-refractivity contribution >= 4 is 23.1 Å². The van der Waals surface area contributed by atoms with Crippen molar-refractivity contribution < 1.29 is 10.0 Å². The van der Waals surface area contributed by atoms with Crippen molar-refractivity contribution in [2.24, 2.45) is 10.9 Å². The molecule has 21 heavy (non-hydrogen) atoms. The molecule has 1 aromatic heterocycles. The first kappa shape index (κ1) is 15.1. The molecule has 0 aliphatic heterocycles. The van der Waals surface area contributed by atoms with Gasteiger partial charge in [0.25, 0.3) is 0 Å². The maximum absolute atomic E-state index is 12.5. The number of nitrogens with zero attached hydrogens (tertiary/aromatic N) is 1. The molecule has 0 saturated carbocycles. The van der Waals surface area contributed by atoms with Crippen LogP contribution >= 0.6 is 11.3 Å². The fourth-order valence-corrected chi connectivity index (χ4v) is 2.82. The maximum Gasteiger partial charge on any atom is 0.235 e. The van der Waals surface area contributed by atoms with E-state index >= 15 is 0 Å². The second kappa shape index (κ2) is 6.90. The minimum Gasteiger partial charge on any atom is -0.409 e. The van der Waals surface area contributed by atoms with E-state index in [1.807, 2.05) is 41.9 Å². The standard InChI is InChI=1S/C15H17N3O2S/c1-10(12-7-8-21-9-12)17-15(19)13(14(16)18-20)11-5-3-2-4-6-11/h2-10,13,20H,1H3,(H2,16,18)(H,17,19). The van der Waals surface area contributed by atoms with Crippen LogP contribution in [-0.2, 0) is 4.79 Å². The van der Waals surface area contributed by atoms with E-state index in [1.54, 1.807) is 23.5 Å². The number of thiophene rings is 1. The number of carbonyl (C=O) groups excluding carboxylic acids is 1. The van der Waals surface area contributed by atoms with Crippen LogP contribution in [0.4, 0.5) is 0 Å². The molecular formula is C15H17N3O2S. The van der Waals surface area contributed by atoms with Gasteiger partial charge in [0.05, 0.1) is 6.04 Å². The Morgan fingerprint density at radius 2 is 2.00 bits per heavy atom. The Morgan fingerprint density at radius 1 is 1.29 bits per heavy atom. The quantitative estimate of drug-likeness (QED) is 0.343. The van der Waals surface area contributed by atoms with Crippen LogP contribution in [0.25, 0.3) is 0 Å². The molecule has 110 valence electrons. The smallest absolute Gasteiger partial charge is 0.235 e. The van der Waals surface area contributed by atoms with Crippen molar-refractivity contribution in [3.05, 3.63) is 58.3 Å². The Morgan fingerprint density at radius 3 is 2.57 bits per heavy atom. The highest BCUT2D eigenvalue weighted by atomic mass is 32.1. The molecule has 1 aromatic carbocycles. The molecule has 0 aliphatic rings. The van der Waals surface area contributed by atoms with Crippen molar-refractivity contribution in [2.75, 3.05) is 0 Å². The topological polar surface area (TPSA) is 87.7 Å². The van der Waals surface area contributed by atoms with Gasteiger partial charge in [0.2, 0.25) is 5.91 Å². The number of oxime groups is 1. The average Bonchev–Trinajstić information content (AvgIpc) is 3.02. The molecule has 2 rings (SSSR count). The van der Waals surface area contributed by atoms with Crippen molar-refractivity contribution in [3.8, 4) is 0 Å². The Bertz CT molecular complexity index is 611. The Labute approximate surface area is 127 Å². The van der Waals surface area contributed by atoms with Crippen molar-refractivity contribution in [2.45, 2.75) is 18.9 Å². The van der Waals surface area contributed by atoms with Gasteiger partial charge in [-0.15, -0.1) is 0 Å². The third kappa shape index (κ3) is 3.61. The second-order valence-corrected chi connectivity index (χ2v) is 5.44. The normalized spacial score (nSPS) is 14.4. The van der Waals surface area contributed by atoms with Crippen LogP contribution in [-0.4, -0.2) is 17.0 Å². The molecule has 4 N–H and O–H groups in total. The number of carbonyl (C=O) groups is 1. The van der Waals surface area contributed by atoms with E-state index in [1.165, 1.54) is 0 Å². The second-order valence-electron chi connectivity index (χ2n) is 4.66. The lowest BCUT2D eigenvalue weighted by Crippen LogP contribution is -2.38. The van der Waals surface area contributed by atoms with Gasteiger partial charge in [-0.05, 0) is 34.9 Å². The predicted molar refractivity (Wildman–Crippen MR) is 83.5 cm³/mol. The number of amidine groups is 1. The first-order chi connectivity index (χ1) is 10.1. The molecule has 0 fully saturated rings. The van der Waals surface area contributed by atoms with E-state index in [0.717, 1.165) is 5.56 Å². The molecule has 1 heterocycles. The highest BCUT2D eigenvalue weighted by Gasteiger charge is 2.26. The van der Waals surface area contributed by atoms with Crippen LogP contribution in [0.15, 0.2) is 52.3 Å². The summed E-state index contributed by atoms with van der Waals surface area (Å²) in [6, 6.07) is 10.8. The summed E-state index contributed by atoms with van der Waals surface area (Å²) in [7, 11) is 0. The van der Waals surface area contributed by atoms with E-state index in [2.05, 4.69) is 10.5 Å². The van der Waals surface area contributed by atoms with Gasteiger partial charge in [0.15, 0.2) is 5.84 Å².